The lowest BCUT2D eigenvalue weighted by Crippen LogP contribution is -2.10. The van der Waals surface area contributed by atoms with Gasteiger partial charge in [-0.2, -0.15) is 0 Å². The first-order valence-electron chi connectivity index (χ1n) is 19.3. The number of H-pyrrole nitrogens is 2. The molecule has 8 bridgehead atoms. The molecule has 3 aromatic heterocycles. The van der Waals surface area contributed by atoms with Gasteiger partial charge < -0.3 is 35.8 Å². The SMILES string of the molecule is NCCOc1ccc(-c2c3nc(c(-c4ccc(C(=O)O)cc4)c4ccc([nH]4)c(-c4ccc(C(=O)O)cc4)c4nc(c(-c5ccc(C(=O)O)cc5)c5ccc2[nH]5)C=C4)C=C3)cc1. The van der Waals surface area contributed by atoms with Crippen LogP contribution in [-0.4, -0.2) is 66.3 Å². The second-order valence-corrected chi connectivity index (χ2v) is 14.3. The molecule has 61 heavy (non-hydrogen) atoms. The molecule has 12 heteroatoms. The van der Waals surface area contributed by atoms with Gasteiger partial charge in [0.05, 0.1) is 39.5 Å². The molecule has 0 aliphatic carbocycles. The Morgan fingerprint density at radius 3 is 0.984 bits per heavy atom. The van der Waals surface area contributed by atoms with E-state index in [1.54, 1.807) is 72.8 Å². The molecule has 0 fully saturated rings. The van der Waals surface area contributed by atoms with Gasteiger partial charge in [0.15, 0.2) is 0 Å². The van der Waals surface area contributed by atoms with E-state index in [0.717, 1.165) is 38.9 Å². The second kappa shape index (κ2) is 15.8. The van der Waals surface area contributed by atoms with Gasteiger partial charge in [0.25, 0.3) is 0 Å². The van der Waals surface area contributed by atoms with Crippen LogP contribution in [0.5, 0.6) is 5.75 Å². The Kier molecular flexibility index (Phi) is 9.87. The van der Waals surface area contributed by atoms with Crippen molar-refractivity contribution in [2.75, 3.05) is 13.2 Å². The first-order valence-corrected chi connectivity index (χ1v) is 19.3. The predicted molar refractivity (Wildman–Crippen MR) is 236 cm³/mol. The number of aromatic nitrogens is 4. The van der Waals surface area contributed by atoms with Crippen molar-refractivity contribution in [3.63, 3.8) is 0 Å². The highest BCUT2D eigenvalue weighted by atomic mass is 16.5. The number of rotatable bonds is 10. The Balaban J connectivity index is 1.41. The molecule has 0 spiro atoms. The highest BCUT2D eigenvalue weighted by Crippen LogP contribution is 2.39. The van der Waals surface area contributed by atoms with Crippen molar-refractivity contribution in [1.29, 1.82) is 0 Å². The van der Waals surface area contributed by atoms with Gasteiger partial charge in [-0.1, -0.05) is 48.5 Å². The van der Waals surface area contributed by atoms with Crippen LogP contribution in [0.3, 0.4) is 0 Å². The molecule has 0 atom stereocenters. The molecule has 0 saturated carbocycles. The number of benzene rings is 4. The van der Waals surface area contributed by atoms with Gasteiger partial charge in [0.2, 0.25) is 0 Å². The molecule has 0 radical (unpaired) electrons. The molecule has 298 valence electrons. The van der Waals surface area contributed by atoms with E-state index < -0.39 is 17.9 Å². The lowest BCUT2D eigenvalue weighted by Gasteiger charge is -2.08. The summed E-state index contributed by atoms with van der Waals surface area (Å²) in [5.41, 5.74) is 17.3. The number of carboxylic acid groups (broad SMARTS) is 3. The summed E-state index contributed by atoms with van der Waals surface area (Å²) in [6.07, 6.45) is 7.67. The van der Waals surface area contributed by atoms with E-state index in [1.807, 2.05) is 72.8 Å². The number of aromatic carboxylic acids is 3. The van der Waals surface area contributed by atoms with Crippen molar-refractivity contribution in [2.24, 2.45) is 5.73 Å². The Bertz CT molecular complexity index is 3070. The van der Waals surface area contributed by atoms with Gasteiger partial charge in [-0.15, -0.1) is 0 Å². The summed E-state index contributed by atoms with van der Waals surface area (Å²) in [6.45, 7) is 0.748. The predicted octanol–water partition coefficient (Wildman–Crippen LogP) is 9.76. The van der Waals surface area contributed by atoms with Gasteiger partial charge in [-0.25, -0.2) is 24.4 Å². The van der Waals surface area contributed by atoms with Gasteiger partial charge in [-0.05, 0) is 119 Å². The number of hydrogen-bond acceptors (Lipinski definition) is 7. The molecule has 9 rings (SSSR count). The minimum absolute atomic E-state index is 0.134. The number of nitrogens with two attached hydrogens (primary N) is 1. The quantitative estimate of drug-likeness (QED) is 0.0772. The van der Waals surface area contributed by atoms with Gasteiger partial charge in [0, 0.05) is 50.9 Å². The molecule has 0 saturated heterocycles. The molecule has 7 N–H and O–H groups in total. The standard InChI is InChI=1S/C49H35N5O7/c50-25-26-61-34-15-13-30(14-16-34)46-41-23-21-39(53-41)44(28-3-9-32(10-4-28)48(57)58)37-19-17-35(51-37)43(27-1-7-31(8-2-27)47(55)56)36-18-20-38(52-36)45(40-22-24-42(46)54-40)29-5-11-33(12-6-29)49(59)60/h1-24,51,54H,25-26,50H2,(H,55,56)(H,57,58)(H,59,60). The Labute approximate surface area is 347 Å². The number of hydrogen-bond donors (Lipinski definition) is 6. The van der Waals surface area contributed by atoms with E-state index in [1.165, 1.54) is 0 Å². The van der Waals surface area contributed by atoms with E-state index in [9.17, 15) is 29.7 Å². The third-order valence-electron chi connectivity index (χ3n) is 10.5. The van der Waals surface area contributed by atoms with Crippen LogP contribution in [0.2, 0.25) is 0 Å². The van der Waals surface area contributed by atoms with E-state index in [2.05, 4.69) is 9.97 Å². The minimum Gasteiger partial charge on any atom is -0.492 e. The zero-order chi connectivity index (χ0) is 42.2. The van der Waals surface area contributed by atoms with Crippen LogP contribution in [-0.2, 0) is 0 Å². The average molecular weight is 806 g/mol. The first kappa shape index (κ1) is 38.2. The van der Waals surface area contributed by atoms with E-state index in [-0.39, 0.29) is 16.7 Å². The molecule has 2 aliphatic heterocycles. The van der Waals surface area contributed by atoms with E-state index >= 15 is 0 Å². The number of nitrogens with one attached hydrogen (secondary N) is 2. The molecule has 7 aromatic rings. The number of fused-ring (bicyclic) bond motifs is 8. The van der Waals surface area contributed by atoms with Crippen LogP contribution < -0.4 is 10.5 Å². The average Bonchev–Trinajstić information content (AvgIpc) is 4.12. The first-order chi connectivity index (χ1) is 29.6. The third-order valence-corrected chi connectivity index (χ3v) is 10.5. The van der Waals surface area contributed by atoms with Gasteiger partial charge in [0.1, 0.15) is 12.4 Å². The van der Waals surface area contributed by atoms with Crippen molar-refractivity contribution < 1.29 is 34.4 Å². The fraction of sp³-hybridized carbons (Fsp3) is 0.0408. The van der Waals surface area contributed by atoms with E-state index in [4.69, 9.17) is 20.4 Å². The Hall–Kier alpha value is -8.35. The summed E-state index contributed by atoms with van der Waals surface area (Å²) >= 11 is 0. The molecular formula is C49H35N5O7. The van der Waals surface area contributed by atoms with Crippen molar-refractivity contribution >= 4 is 64.3 Å². The molecule has 0 unspecified atom stereocenters. The Morgan fingerprint density at radius 1 is 0.443 bits per heavy atom. The molecule has 12 nitrogen and oxygen atoms in total. The smallest absolute Gasteiger partial charge is 0.335 e. The molecule has 4 aromatic carbocycles. The molecule has 5 heterocycles. The summed E-state index contributed by atoms with van der Waals surface area (Å²) < 4.78 is 5.79. The van der Waals surface area contributed by atoms with Crippen molar-refractivity contribution in [1.82, 2.24) is 19.9 Å². The number of carbonyl (C=O) groups is 3. The maximum absolute atomic E-state index is 11.9. The van der Waals surface area contributed by atoms with E-state index in [0.29, 0.717) is 69.4 Å². The van der Waals surface area contributed by atoms with Crippen LogP contribution >= 0.6 is 0 Å². The fourth-order valence-electron chi connectivity index (χ4n) is 7.65. The van der Waals surface area contributed by atoms with Crippen LogP contribution in [0.15, 0.2) is 121 Å². The van der Waals surface area contributed by atoms with Crippen LogP contribution in [0.4, 0.5) is 0 Å². The number of carboxylic acids is 3. The maximum atomic E-state index is 11.9. The topological polar surface area (TPSA) is 205 Å². The maximum Gasteiger partial charge on any atom is 0.335 e. The van der Waals surface area contributed by atoms with Crippen LogP contribution in [0.25, 0.3) is 90.9 Å². The summed E-state index contributed by atoms with van der Waals surface area (Å²) in [5.74, 6) is -2.46. The molecular weight excluding hydrogens is 771 g/mol. The van der Waals surface area contributed by atoms with Crippen LogP contribution in [0.1, 0.15) is 53.8 Å². The second-order valence-electron chi connectivity index (χ2n) is 14.3. The summed E-state index contributed by atoms with van der Waals surface area (Å²) in [6, 6.07) is 35.3. The summed E-state index contributed by atoms with van der Waals surface area (Å²) in [4.78, 5) is 53.3. The normalized spacial score (nSPS) is 11.8. The summed E-state index contributed by atoms with van der Waals surface area (Å²) in [5, 5.41) is 29.1. The number of aromatic amines is 2. The highest BCUT2D eigenvalue weighted by molar-refractivity contribution is 6.01. The van der Waals surface area contributed by atoms with Crippen molar-refractivity contribution in [3.05, 3.63) is 161 Å². The van der Waals surface area contributed by atoms with Crippen molar-refractivity contribution in [2.45, 2.75) is 0 Å². The Morgan fingerprint density at radius 2 is 0.721 bits per heavy atom. The van der Waals surface area contributed by atoms with Gasteiger partial charge in [-0.3, -0.25) is 0 Å². The number of ether oxygens (including phenoxy) is 1. The van der Waals surface area contributed by atoms with Crippen molar-refractivity contribution in [3.8, 4) is 50.3 Å². The summed E-state index contributed by atoms with van der Waals surface area (Å²) in [7, 11) is 0. The number of nitrogens with zero attached hydrogens (tertiary/aromatic N) is 2. The zero-order valence-corrected chi connectivity index (χ0v) is 32.2. The highest BCUT2D eigenvalue weighted by Gasteiger charge is 2.20. The third kappa shape index (κ3) is 7.35. The monoisotopic (exact) mass is 805 g/mol. The largest absolute Gasteiger partial charge is 0.492 e. The molecule has 2 aliphatic rings. The zero-order valence-electron chi connectivity index (χ0n) is 32.2. The van der Waals surface area contributed by atoms with Crippen LogP contribution in [0, 0.1) is 0 Å². The minimum atomic E-state index is -1.05. The lowest BCUT2D eigenvalue weighted by molar-refractivity contribution is 0.0686. The van der Waals surface area contributed by atoms with Gasteiger partial charge >= 0.3 is 17.9 Å². The fourth-order valence-corrected chi connectivity index (χ4v) is 7.65. The lowest BCUT2D eigenvalue weighted by atomic mass is 10.0. The molecule has 0 amide bonds.